The van der Waals surface area contributed by atoms with Gasteiger partial charge in [-0.3, -0.25) is 0 Å². The van der Waals surface area contributed by atoms with Crippen molar-refractivity contribution < 1.29 is 0 Å². The summed E-state index contributed by atoms with van der Waals surface area (Å²) in [7, 11) is 0. The molecule has 2 rings (SSSR count). The standard InChI is InChI=1S/C9H7N3/c10-5-7-1-3-8-9(4-2-7)12-6-11-8/h1-3,6H,4H2,(H,11,12). The van der Waals surface area contributed by atoms with Crippen LogP contribution in [0.2, 0.25) is 0 Å². The van der Waals surface area contributed by atoms with Gasteiger partial charge >= 0.3 is 0 Å². The molecule has 3 nitrogen and oxygen atoms in total. The Hall–Kier alpha value is -1.82. The summed E-state index contributed by atoms with van der Waals surface area (Å²) in [6, 6.07) is 2.10. The number of aromatic amines is 1. The fourth-order valence-electron chi connectivity index (χ4n) is 1.17. The van der Waals surface area contributed by atoms with Crippen molar-refractivity contribution >= 4 is 6.08 Å². The molecule has 1 heterocycles. The first-order valence-electron chi connectivity index (χ1n) is 3.71. The molecule has 58 valence electrons. The highest BCUT2D eigenvalue weighted by Crippen LogP contribution is 2.13. The fraction of sp³-hybridized carbons (Fsp3) is 0.111. The summed E-state index contributed by atoms with van der Waals surface area (Å²) in [6.07, 6.45) is 7.95. The lowest BCUT2D eigenvalue weighted by Crippen LogP contribution is -1.82. The molecule has 1 aliphatic carbocycles. The second-order valence-electron chi connectivity index (χ2n) is 2.58. The predicted molar refractivity (Wildman–Crippen MR) is 45.0 cm³/mol. The Labute approximate surface area is 70.1 Å². The van der Waals surface area contributed by atoms with Crippen molar-refractivity contribution in [1.29, 1.82) is 5.26 Å². The van der Waals surface area contributed by atoms with E-state index in [-0.39, 0.29) is 0 Å². The molecule has 1 aromatic heterocycles. The highest BCUT2D eigenvalue weighted by atomic mass is 14.9. The Bertz CT molecular complexity index is 390. The summed E-state index contributed by atoms with van der Waals surface area (Å²) in [5.41, 5.74) is 2.69. The summed E-state index contributed by atoms with van der Waals surface area (Å²) in [5, 5.41) is 8.63. The molecule has 0 amide bonds. The Morgan fingerprint density at radius 2 is 2.42 bits per heavy atom. The van der Waals surface area contributed by atoms with Gasteiger partial charge in [-0.2, -0.15) is 5.26 Å². The molecule has 1 N–H and O–H groups in total. The van der Waals surface area contributed by atoms with E-state index in [2.05, 4.69) is 16.0 Å². The van der Waals surface area contributed by atoms with Crippen molar-refractivity contribution in [2.45, 2.75) is 6.42 Å². The summed E-state index contributed by atoms with van der Waals surface area (Å²) in [6.45, 7) is 0. The molecule has 1 aliphatic rings. The first-order valence-corrected chi connectivity index (χ1v) is 3.71. The molecule has 12 heavy (non-hydrogen) atoms. The van der Waals surface area contributed by atoms with Crippen molar-refractivity contribution in [3.63, 3.8) is 0 Å². The topological polar surface area (TPSA) is 52.5 Å². The number of aromatic nitrogens is 2. The van der Waals surface area contributed by atoms with Crippen LogP contribution in [0.3, 0.4) is 0 Å². The Kier molecular flexibility index (Phi) is 1.52. The number of nitrogens with zero attached hydrogens (tertiary/aromatic N) is 2. The molecule has 1 aromatic rings. The molecule has 0 unspecified atom stereocenters. The molecule has 3 heteroatoms. The van der Waals surface area contributed by atoms with Gasteiger partial charge in [-0.15, -0.1) is 0 Å². The SMILES string of the molecule is N#CC1=CCc2[nH]cnc2C=C1. The molecule has 0 bridgehead atoms. The van der Waals surface area contributed by atoms with E-state index in [9.17, 15) is 0 Å². The number of nitriles is 1. The molecule has 0 radical (unpaired) electrons. The number of hydrogen-bond acceptors (Lipinski definition) is 2. The smallest absolute Gasteiger partial charge is 0.0988 e. The van der Waals surface area contributed by atoms with E-state index in [0.29, 0.717) is 5.57 Å². The number of nitrogens with one attached hydrogen (secondary N) is 1. The minimum Gasteiger partial charge on any atom is -0.348 e. The van der Waals surface area contributed by atoms with Crippen LogP contribution >= 0.6 is 0 Å². The third-order valence-electron chi connectivity index (χ3n) is 1.83. The van der Waals surface area contributed by atoms with E-state index in [1.807, 2.05) is 12.2 Å². The van der Waals surface area contributed by atoms with Crippen molar-refractivity contribution in [2.24, 2.45) is 0 Å². The summed E-state index contributed by atoms with van der Waals surface area (Å²) in [4.78, 5) is 7.13. The van der Waals surface area contributed by atoms with E-state index in [1.165, 1.54) is 0 Å². The Morgan fingerprint density at radius 3 is 3.25 bits per heavy atom. The predicted octanol–water partition coefficient (Wildman–Crippen LogP) is 1.43. The van der Waals surface area contributed by atoms with Crippen LogP contribution in [0.5, 0.6) is 0 Å². The number of fused-ring (bicyclic) bond motifs is 1. The Morgan fingerprint density at radius 1 is 1.50 bits per heavy atom. The van der Waals surface area contributed by atoms with Gasteiger partial charge < -0.3 is 4.98 Å². The highest BCUT2D eigenvalue weighted by Gasteiger charge is 2.04. The van der Waals surface area contributed by atoms with Gasteiger partial charge in [-0.1, -0.05) is 6.08 Å². The lowest BCUT2D eigenvalue weighted by molar-refractivity contribution is 1.14. The first kappa shape index (κ1) is 6.86. The minimum atomic E-state index is 0.696. The van der Waals surface area contributed by atoms with Gasteiger partial charge in [0, 0.05) is 17.7 Å². The van der Waals surface area contributed by atoms with Crippen molar-refractivity contribution in [3.8, 4) is 6.07 Å². The maximum absolute atomic E-state index is 8.63. The van der Waals surface area contributed by atoms with E-state index in [0.717, 1.165) is 17.8 Å². The van der Waals surface area contributed by atoms with Gasteiger partial charge in [0.15, 0.2) is 0 Å². The average molecular weight is 157 g/mol. The van der Waals surface area contributed by atoms with Crippen LogP contribution in [0, 0.1) is 11.3 Å². The zero-order valence-corrected chi connectivity index (χ0v) is 6.41. The van der Waals surface area contributed by atoms with Gasteiger partial charge in [0.1, 0.15) is 0 Å². The van der Waals surface area contributed by atoms with Crippen molar-refractivity contribution in [3.05, 3.63) is 35.4 Å². The monoisotopic (exact) mass is 157 g/mol. The number of H-pyrrole nitrogens is 1. The van der Waals surface area contributed by atoms with Crippen LogP contribution < -0.4 is 0 Å². The molecule has 0 aliphatic heterocycles. The fourth-order valence-corrected chi connectivity index (χ4v) is 1.17. The van der Waals surface area contributed by atoms with Crippen LogP contribution in [0.15, 0.2) is 24.1 Å². The van der Waals surface area contributed by atoms with E-state index >= 15 is 0 Å². The minimum absolute atomic E-state index is 0.696. The molecule has 0 aromatic carbocycles. The molecule has 0 atom stereocenters. The molecule has 0 spiro atoms. The lowest BCUT2D eigenvalue weighted by Gasteiger charge is -1.88. The summed E-state index contributed by atoms with van der Waals surface area (Å²) in [5.74, 6) is 0. The van der Waals surface area contributed by atoms with Gasteiger partial charge in [0.2, 0.25) is 0 Å². The number of imidazole rings is 1. The first-order chi connectivity index (χ1) is 5.90. The molecule has 0 saturated carbocycles. The number of rotatable bonds is 0. The molecular weight excluding hydrogens is 150 g/mol. The lowest BCUT2D eigenvalue weighted by atomic mass is 10.2. The largest absolute Gasteiger partial charge is 0.348 e. The summed E-state index contributed by atoms with van der Waals surface area (Å²) >= 11 is 0. The quantitative estimate of drug-likeness (QED) is 0.619. The van der Waals surface area contributed by atoms with Gasteiger partial charge in [0.05, 0.1) is 18.1 Å². The second-order valence-corrected chi connectivity index (χ2v) is 2.58. The highest BCUT2D eigenvalue weighted by molar-refractivity contribution is 5.56. The number of hydrogen-bond donors (Lipinski definition) is 1. The van der Waals surface area contributed by atoms with Crippen LogP contribution in [-0.2, 0) is 6.42 Å². The van der Waals surface area contributed by atoms with Gasteiger partial charge in [-0.25, -0.2) is 4.98 Å². The van der Waals surface area contributed by atoms with Crippen LogP contribution in [-0.4, -0.2) is 9.97 Å². The van der Waals surface area contributed by atoms with Crippen molar-refractivity contribution in [1.82, 2.24) is 9.97 Å². The third kappa shape index (κ3) is 1.04. The van der Waals surface area contributed by atoms with Crippen molar-refractivity contribution in [2.75, 3.05) is 0 Å². The Balaban J connectivity index is 2.42. The number of allylic oxidation sites excluding steroid dienone is 3. The van der Waals surface area contributed by atoms with Gasteiger partial charge in [0.25, 0.3) is 0 Å². The summed E-state index contributed by atoms with van der Waals surface area (Å²) < 4.78 is 0. The zero-order chi connectivity index (χ0) is 8.39. The van der Waals surface area contributed by atoms with Gasteiger partial charge in [-0.05, 0) is 12.2 Å². The van der Waals surface area contributed by atoms with E-state index in [1.54, 1.807) is 12.4 Å². The zero-order valence-electron chi connectivity index (χ0n) is 6.41. The maximum atomic E-state index is 8.63. The normalized spacial score (nSPS) is 14.4. The maximum Gasteiger partial charge on any atom is 0.0988 e. The van der Waals surface area contributed by atoms with Crippen LogP contribution in [0.1, 0.15) is 11.4 Å². The van der Waals surface area contributed by atoms with E-state index < -0.39 is 0 Å². The third-order valence-corrected chi connectivity index (χ3v) is 1.83. The molecule has 0 fully saturated rings. The van der Waals surface area contributed by atoms with Crippen LogP contribution in [0.4, 0.5) is 0 Å². The molecular formula is C9H7N3. The molecule has 0 saturated heterocycles. The second kappa shape index (κ2) is 2.67. The van der Waals surface area contributed by atoms with E-state index in [4.69, 9.17) is 5.26 Å². The van der Waals surface area contributed by atoms with Crippen LogP contribution in [0.25, 0.3) is 6.08 Å². The average Bonchev–Trinajstić information content (AvgIpc) is 2.46.